The first-order valence-corrected chi connectivity index (χ1v) is 11.5. The molecule has 0 aromatic heterocycles. The summed E-state index contributed by atoms with van der Waals surface area (Å²) in [5.41, 5.74) is 0.726. The van der Waals surface area contributed by atoms with Crippen LogP contribution >= 0.6 is 0 Å². The molecule has 1 aromatic carbocycles. The molecule has 0 aliphatic carbocycles. The van der Waals surface area contributed by atoms with E-state index in [9.17, 15) is 4.79 Å². The number of carbonyl (C=O) groups excluding carboxylic acids is 1. The van der Waals surface area contributed by atoms with Crippen molar-refractivity contribution < 1.29 is 14.3 Å². The number of ether oxygens (including phenoxy) is 2. The zero-order chi connectivity index (χ0) is 21.6. The monoisotopic (exact) mass is 417 g/mol. The zero-order valence-corrected chi connectivity index (χ0v) is 19.2. The zero-order valence-electron chi connectivity index (χ0n) is 19.2. The molecular weight excluding hydrogens is 378 g/mol. The van der Waals surface area contributed by atoms with Crippen LogP contribution in [-0.2, 0) is 4.74 Å². The number of nitrogens with zero attached hydrogens (tertiary/aromatic N) is 3. The van der Waals surface area contributed by atoms with Gasteiger partial charge in [0.05, 0.1) is 6.61 Å². The average molecular weight is 418 g/mol. The van der Waals surface area contributed by atoms with E-state index in [0.717, 1.165) is 38.4 Å². The van der Waals surface area contributed by atoms with Gasteiger partial charge in [-0.25, -0.2) is 4.79 Å². The summed E-state index contributed by atoms with van der Waals surface area (Å²) >= 11 is 0. The number of hydrogen-bond acceptors (Lipinski definition) is 5. The van der Waals surface area contributed by atoms with E-state index in [2.05, 4.69) is 41.0 Å². The van der Waals surface area contributed by atoms with Crippen LogP contribution in [0.5, 0.6) is 5.75 Å². The van der Waals surface area contributed by atoms with Gasteiger partial charge < -0.3 is 24.2 Å². The lowest BCUT2D eigenvalue weighted by molar-refractivity contribution is 0.0240. The largest absolute Gasteiger partial charge is 0.494 e. The Morgan fingerprint density at radius 3 is 2.37 bits per heavy atom. The van der Waals surface area contributed by atoms with Gasteiger partial charge in [-0.15, -0.1) is 0 Å². The van der Waals surface area contributed by atoms with Crippen LogP contribution in [0.4, 0.5) is 10.5 Å². The van der Waals surface area contributed by atoms with E-state index in [4.69, 9.17) is 9.47 Å². The Kier molecular flexibility index (Phi) is 7.87. The van der Waals surface area contributed by atoms with E-state index in [-0.39, 0.29) is 6.09 Å². The minimum atomic E-state index is -0.448. The van der Waals surface area contributed by atoms with E-state index < -0.39 is 5.60 Å². The summed E-state index contributed by atoms with van der Waals surface area (Å²) in [5, 5.41) is 0. The molecule has 0 radical (unpaired) electrons. The molecule has 0 saturated carbocycles. The summed E-state index contributed by atoms with van der Waals surface area (Å²) in [6.45, 7) is 14.2. The molecule has 2 saturated heterocycles. The maximum absolute atomic E-state index is 12.2. The third-order valence-corrected chi connectivity index (χ3v) is 5.93. The molecule has 1 unspecified atom stereocenters. The van der Waals surface area contributed by atoms with Crippen LogP contribution in [0.2, 0.25) is 0 Å². The van der Waals surface area contributed by atoms with Crippen LogP contribution in [0.3, 0.4) is 0 Å². The number of piperidine rings is 1. The molecule has 0 spiro atoms. The maximum Gasteiger partial charge on any atom is 0.410 e. The van der Waals surface area contributed by atoms with Crippen molar-refractivity contribution in [2.45, 2.75) is 65.0 Å². The molecule has 3 rings (SSSR count). The van der Waals surface area contributed by atoms with Gasteiger partial charge in [0.2, 0.25) is 0 Å². The smallest absolute Gasteiger partial charge is 0.410 e. The molecule has 6 heteroatoms. The molecule has 1 atom stereocenters. The quantitative estimate of drug-likeness (QED) is 0.643. The van der Waals surface area contributed by atoms with E-state index in [0.29, 0.717) is 19.1 Å². The van der Waals surface area contributed by atoms with Gasteiger partial charge >= 0.3 is 6.09 Å². The minimum absolute atomic E-state index is 0.218. The van der Waals surface area contributed by atoms with Gasteiger partial charge in [0, 0.05) is 44.5 Å². The summed E-state index contributed by atoms with van der Waals surface area (Å²) in [7, 11) is 0. The number of anilines is 1. The summed E-state index contributed by atoms with van der Waals surface area (Å²) in [6.07, 6.45) is 4.88. The lowest BCUT2D eigenvalue weighted by Crippen LogP contribution is -2.50. The molecule has 1 aromatic rings. The van der Waals surface area contributed by atoms with Gasteiger partial charge in [-0.3, -0.25) is 0 Å². The lowest BCUT2D eigenvalue weighted by Gasteiger charge is -2.36. The molecule has 2 fully saturated rings. The highest BCUT2D eigenvalue weighted by molar-refractivity contribution is 5.68. The first-order valence-electron chi connectivity index (χ1n) is 11.5. The standard InChI is InChI=1S/C24H39N3O3/c1-20-8-5-6-13-25(20)14-7-19-29-22-11-9-21(10-12-22)26-15-17-27(18-16-26)23(28)30-24(2,3)4/h9-12,20H,5-8,13-19H2,1-4H3. The van der Waals surface area contributed by atoms with Crippen LogP contribution in [-0.4, -0.2) is 73.4 Å². The molecule has 168 valence electrons. The van der Waals surface area contributed by atoms with Crippen LogP contribution in [0.25, 0.3) is 0 Å². The predicted octanol–water partition coefficient (Wildman–Crippen LogP) is 4.39. The van der Waals surface area contributed by atoms with Gasteiger partial charge in [0.1, 0.15) is 11.4 Å². The van der Waals surface area contributed by atoms with Crippen molar-refractivity contribution in [3.63, 3.8) is 0 Å². The van der Waals surface area contributed by atoms with Crippen molar-refractivity contribution >= 4 is 11.8 Å². The Labute approximate surface area is 182 Å². The molecule has 2 aliphatic heterocycles. The second kappa shape index (κ2) is 10.4. The van der Waals surface area contributed by atoms with Gasteiger partial charge in [0.15, 0.2) is 0 Å². The number of rotatable bonds is 6. The summed E-state index contributed by atoms with van der Waals surface area (Å²) in [6, 6.07) is 9.06. The average Bonchev–Trinajstić information content (AvgIpc) is 2.72. The lowest BCUT2D eigenvalue weighted by atomic mass is 10.0. The molecule has 6 nitrogen and oxygen atoms in total. The SMILES string of the molecule is CC1CCCCN1CCCOc1ccc(N2CCN(C(=O)OC(C)(C)C)CC2)cc1. The predicted molar refractivity (Wildman–Crippen MR) is 121 cm³/mol. The second-order valence-electron chi connectivity index (χ2n) is 9.53. The molecule has 0 bridgehead atoms. The van der Waals surface area contributed by atoms with Gasteiger partial charge in [0.25, 0.3) is 0 Å². The van der Waals surface area contributed by atoms with Crippen LogP contribution in [0.15, 0.2) is 24.3 Å². The Hall–Kier alpha value is -1.95. The van der Waals surface area contributed by atoms with Crippen molar-refractivity contribution in [3.8, 4) is 5.75 Å². The van der Waals surface area contributed by atoms with Gasteiger partial charge in [-0.05, 0) is 77.8 Å². The highest BCUT2D eigenvalue weighted by Gasteiger charge is 2.26. The number of piperazine rings is 1. The van der Waals surface area contributed by atoms with Crippen LogP contribution in [0, 0.1) is 0 Å². The van der Waals surface area contributed by atoms with E-state index in [1.54, 1.807) is 4.90 Å². The number of carbonyl (C=O) groups is 1. The third kappa shape index (κ3) is 6.79. The Balaban J connectivity index is 1.38. The number of likely N-dealkylation sites (tertiary alicyclic amines) is 1. The fourth-order valence-corrected chi connectivity index (χ4v) is 4.17. The van der Waals surface area contributed by atoms with Crippen molar-refractivity contribution in [1.29, 1.82) is 0 Å². The van der Waals surface area contributed by atoms with Crippen LogP contribution < -0.4 is 9.64 Å². The number of hydrogen-bond donors (Lipinski definition) is 0. The van der Waals surface area contributed by atoms with E-state index in [1.165, 1.54) is 31.5 Å². The minimum Gasteiger partial charge on any atom is -0.494 e. The number of benzene rings is 1. The van der Waals surface area contributed by atoms with E-state index >= 15 is 0 Å². The fraction of sp³-hybridized carbons (Fsp3) is 0.708. The summed E-state index contributed by atoms with van der Waals surface area (Å²) in [5.74, 6) is 0.929. The Morgan fingerprint density at radius 1 is 1.03 bits per heavy atom. The van der Waals surface area contributed by atoms with Crippen molar-refractivity contribution in [3.05, 3.63) is 24.3 Å². The van der Waals surface area contributed by atoms with Crippen molar-refractivity contribution in [2.24, 2.45) is 0 Å². The van der Waals surface area contributed by atoms with Crippen LogP contribution in [0.1, 0.15) is 53.4 Å². The van der Waals surface area contributed by atoms with Gasteiger partial charge in [-0.1, -0.05) is 6.42 Å². The highest BCUT2D eigenvalue weighted by Crippen LogP contribution is 2.22. The highest BCUT2D eigenvalue weighted by atomic mass is 16.6. The molecule has 1 amide bonds. The second-order valence-corrected chi connectivity index (χ2v) is 9.53. The first kappa shape index (κ1) is 22.7. The summed E-state index contributed by atoms with van der Waals surface area (Å²) < 4.78 is 11.4. The molecule has 2 heterocycles. The molecule has 2 aliphatic rings. The topological polar surface area (TPSA) is 45.2 Å². The van der Waals surface area contributed by atoms with Crippen molar-refractivity contribution in [2.75, 3.05) is 50.8 Å². The fourth-order valence-electron chi connectivity index (χ4n) is 4.17. The molecule has 30 heavy (non-hydrogen) atoms. The first-order chi connectivity index (χ1) is 14.3. The maximum atomic E-state index is 12.2. The molecule has 0 N–H and O–H groups in total. The summed E-state index contributed by atoms with van der Waals surface area (Å²) in [4.78, 5) is 18.9. The number of amides is 1. The Morgan fingerprint density at radius 2 is 1.73 bits per heavy atom. The third-order valence-electron chi connectivity index (χ3n) is 5.93. The normalized spacial score (nSPS) is 20.9. The van der Waals surface area contributed by atoms with E-state index in [1.807, 2.05) is 20.8 Å². The van der Waals surface area contributed by atoms with Gasteiger partial charge in [-0.2, -0.15) is 0 Å². The Bertz CT molecular complexity index is 663. The molecular formula is C24H39N3O3. The van der Waals surface area contributed by atoms with Crippen molar-refractivity contribution in [1.82, 2.24) is 9.80 Å².